The zero-order valence-electron chi connectivity index (χ0n) is 9.94. The Morgan fingerprint density at radius 3 is 2.71 bits per heavy atom. The molecule has 0 spiro atoms. The highest BCUT2D eigenvalue weighted by molar-refractivity contribution is 7.09. The Morgan fingerprint density at radius 1 is 1.35 bits per heavy atom. The summed E-state index contributed by atoms with van der Waals surface area (Å²) >= 11 is 1.34. The molecule has 0 aliphatic rings. The van der Waals surface area contributed by atoms with E-state index in [0.717, 1.165) is 27.6 Å². The number of nitrogens with zero attached hydrogens (tertiary/aromatic N) is 2. The molecule has 0 saturated carbocycles. The fourth-order valence-corrected chi connectivity index (χ4v) is 2.24. The Kier molecular flexibility index (Phi) is 3.19. The maximum Gasteiger partial charge on any atom is 0.221 e. The van der Waals surface area contributed by atoms with Crippen LogP contribution in [0.15, 0.2) is 18.2 Å². The molecule has 17 heavy (non-hydrogen) atoms. The predicted molar refractivity (Wildman–Crippen MR) is 69.1 cm³/mol. The Balaban J connectivity index is 2.50. The molecule has 1 amide bonds. The van der Waals surface area contributed by atoms with Gasteiger partial charge in [0.1, 0.15) is 10.8 Å². The molecule has 0 aliphatic heterocycles. The average Bonchev–Trinajstić information content (AvgIpc) is 2.67. The molecule has 4 nitrogen and oxygen atoms in total. The number of benzene rings is 1. The van der Waals surface area contributed by atoms with Crippen molar-refractivity contribution in [3.05, 3.63) is 29.6 Å². The van der Waals surface area contributed by atoms with E-state index < -0.39 is 0 Å². The third-order valence-corrected chi connectivity index (χ3v) is 3.08. The molecule has 0 fully saturated rings. The lowest BCUT2D eigenvalue weighted by Gasteiger charge is -2.08. The molecule has 0 saturated heterocycles. The summed E-state index contributed by atoms with van der Waals surface area (Å²) in [5, 5.41) is 3.64. The van der Waals surface area contributed by atoms with Gasteiger partial charge < -0.3 is 5.32 Å². The van der Waals surface area contributed by atoms with E-state index in [0.29, 0.717) is 0 Å². The van der Waals surface area contributed by atoms with Crippen molar-refractivity contribution in [2.24, 2.45) is 0 Å². The molecule has 0 atom stereocenters. The zero-order valence-corrected chi connectivity index (χ0v) is 10.8. The van der Waals surface area contributed by atoms with Gasteiger partial charge in [-0.2, -0.15) is 4.37 Å². The van der Waals surface area contributed by atoms with Gasteiger partial charge in [0.2, 0.25) is 5.91 Å². The molecule has 0 aliphatic carbocycles. The Bertz CT molecular complexity index is 563. The number of aryl methyl sites for hydroxylation is 2. The normalized spacial score (nSPS) is 10.3. The van der Waals surface area contributed by atoms with Gasteiger partial charge >= 0.3 is 0 Å². The van der Waals surface area contributed by atoms with Crippen molar-refractivity contribution in [3.8, 4) is 10.6 Å². The zero-order chi connectivity index (χ0) is 12.4. The number of anilines is 1. The highest BCUT2D eigenvalue weighted by Crippen LogP contribution is 2.30. The molecule has 2 rings (SSSR count). The van der Waals surface area contributed by atoms with Crippen molar-refractivity contribution in [2.45, 2.75) is 20.8 Å². The van der Waals surface area contributed by atoms with E-state index in [1.165, 1.54) is 18.5 Å². The largest absolute Gasteiger partial charge is 0.326 e. The number of rotatable bonds is 2. The van der Waals surface area contributed by atoms with E-state index in [4.69, 9.17) is 0 Å². The van der Waals surface area contributed by atoms with Crippen LogP contribution in [0, 0.1) is 13.8 Å². The number of nitrogens with one attached hydrogen (secondary N) is 1. The Labute approximate surface area is 104 Å². The summed E-state index contributed by atoms with van der Waals surface area (Å²) in [6.45, 7) is 5.36. The fourth-order valence-electron chi connectivity index (χ4n) is 1.54. The van der Waals surface area contributed by atoms with Crippen LogP contribution in [-0.4, -0.2) is 15.3 Å². The fraction of sp³-hybridized carbons (Fsp3) is 0.250. The van der Waals surface area contributed by atoms with Crippen LogP contribution in [0.1, 0.15) is 18.3 Å². The van der Waals surface area contributed by atoms with Crippen LogP contribution >= 0.6 is 11.5 Å². The third-order valence-electron chi connectivity index (χ3n) is 2.24. The van der Waals surface area contributed by atoms with Crippen LogP contribution in [0.3, 0.4) is 0 Å². The van der Waals surface area contributed by atoms with Crippen molar-refractivity contribution >= 4 is 23.1 Å². The summed E-state index contributed by atoms with van der Waals surface area (Å²) in [7, 11) is 0. The summed E-state index contributed by atoms with van der Waals surface area (Å²) in [6.07, 6.45) is 0. The first-order chi connectivity index (χ1) is 8.06. The second-order valence-electron chi connectivity index (χ2n) is 3.88. The molecule has 0 radical (unpaired) electrons. The molecular formula is C12H13N3OS. The first kappa shape index (κ1) is 11.7. The second kappa shape index (κ2) is 4.63. The van der Waals surface area contributed by atoms with Crippen LogP contribution in [0.5, 0.6) is 0 Å². The molecule has 1 N–H and O–H groups in total. The second-order valence-corrected chi connectivity index (χ2v) is 4.63. The van der Waals surface area contributed by atoms with Crippen molar-refractivity contribution in [1.29, 1.82) is 0 Å². The molecular weight excluding hydrogens is 234 g/mol. The van der Waals surface area contributed by atoms with Crippen LogP contribution in [-0.2, 0) is 4.79 Å². The summed E-state index contributed by atoms with van der Waals surface area (Å²) in [5.41, 5.74) is 2.83. The number of hydrogen-bond acceptors (Lipinski definition) is 4. The molecule has 1 aromatic carbocycles. The number of carbonyl (C=O) groups is 1. The highest BCUT2D eigenvalue weighted by atomic mass is 32.1. The number of amides is 1. The van der Waals surface area contributed by atoms with Crippen LogP contribution in [0.4, 0.5) is 5.69 Å². The topological polar surface area (TPSA) is 54.9 Å². The standard InChI is InChI=1S/C12H13N3OS/c1-7-4-5-11(14-9(3)16)10(6-7)12-13-8(2)15-17-12/h4-6H,1-3H3,(H,14,16). The van der Waals surface area contributed by atoms with E-state index in [9.17, 15) is 4.79 Å². The van der Waals surface area contributed by atoms with Gasteiger partial charge in [0.25, 0.3) is 0 Å². The monoisotopic (exact) mass is 247 g/mol. The van der Waals surface area contributed by atoms with Crippen LogP contribution in [0.25, 0.3) is 10.6 Å². The lowest BCUT2D eigenvalue weighted by Crippen LogP contribution is -2.07. The lowest BCUT2D eigenvalue weighted by molar-refractivity contribution is -0.114. The Hall–Kier alpha value is -1.75. The minimum atomic E-state index is -0.0867. The van der Waals surface area contributed by atoms with Gasteiger partial charge in [-0.15, -0.1) is 0 Å². The molecule has 1 heterocycles. The van der Waals surface area contributed by atoms with Gasteiger partial charge in [-0.05, 0) is 37.5 Å². The van der Waals surface area contributed by atoms with Crippen LogP contribution < -0.4 is 5.32 Å². The van der Waals surface area contributed by atoms with Crippen molar-refractivity contribution in [3.63, 3.8) is 0 Å². The van der Waals surface area contributed by atoms with Crippen molar-refractivity contribution < 1.29 is 4.79 Å². The first-order valence-corrected chi connectivity index (χ1v) is 6.02. The van der Waals surface area contributed by atoms with Gasteiger partial charge in [-0.1, -0.05) is 11.6 Å². The predicted octanol–water partition coefficient (Wildman–Crippen LogP) is 2.78. The van der Waals surface area contributed by atoms with Gasteiger partial charge in [0.05, 0.1) is 5.69 Å². The van der Waals surface area contributed by atoms with Gasteiger partial charge in [-0.25, -0.2) is 4.98 Å². The minimum absolute atomic E-state index is 0.0867. The van der Waals surface area contributed by atoms with E-state index >= 15 is 0 Å². The average molecular weight is 247 g/mol. The molecule has 5 heteroatoms. The van der Waals surface area contributed by atoms with Crippen molar-refractivity contribution in [2.75, 3.05) is 5.32 Å². The number of hydrogen-bond donors (Lipinski definition) is 1. The van der Waals surface area contributed by atoms with Gasteiger partial charge in [0.15, 0.2) is 0 Å². The Morgan fingerprint density at radius 2 is 2.12 bits per heavy atom. The van der Waals surface area contributed by atoms with E-state index in [-0.39, 0.29) is 5.91 Å². The molecule has 0 unspecified atom stereocenters. The summed E-state index contributed by atoms with van der Waals surface area (Å²) in [6, 6.07) is 5.86. The van der Waals surface area contributed by atoms with E-state index in [2.05, 4.69) is 14.7 Å². The molecule has 88 valence electrons. The molecule has 2 aromatic rings. The maximum absolute atomic E-state index is 11.1. The number of aromatic nitrogens is 2. The van der Waals surface area contributed by atoms with Crippen molar-refractivity contribution in [1.82, 2.24) is 9.36 Å². The quantitative estimate of drug-likeness (QED) is 0.887. The van der Waals surface area contributed by atoms with Gasteiger partial charge in [0, 0.05) is 12.5 Å². The highest BCUT2D eigenvalue weighted by Gasteiger charge is 2.10. The smallest absolute Gasteiger partial charge is 0.221 e. The van der Waals surface area contributed by atoms with Gasteiger partial charge in [-0.3, -0.25) is 4.79 Å². The van der Waals surface area contributed by atoms with E-state index in [1.807, 2.05) is 32.0 Å². The first-order valence-electron chi connectivity index (χ1n) is 5.25. The lowest BCUT2D eigenvalue weighted by atomic mass is 10.1. The minimum Gasteiger partial charge on any atom is -0.326 e. The summed E-state index contributed by atoms with van der Waals surface area (Å²) in [5.74, 6) is 0.664. The molecule has 0 bridgehead atoms. The third kappa shape index (κ3) is 2.68. The number of carbonyl (C=O) groups excluding carboxylic acids is 1. The maximum atomic E-state index is 11.1. The molecule has 1 aromatic heterocycles. The van der Waals surface area contributed by atoms with E-state index in [1.54, 1.807) is 0 Å². The summed E-state index contributed by atoms with van der Waals surface area (Å²) < 4.78 is 4.16. The summed E-state index contributed by atoms with van der Waals surface area (Å²) in [4.78, 5) is 15.5. The van der Waals surface area contributed by atoms with Crippen LogP contribution in [0.2, 0.25) is 0 Å². The SMILES string of the molecule is CC(=O)Nc1ccc(C)cc1-c1nc(C)ns1.